The molecule has 27 heavy (non-hydrogen) atoms. The van der Waals surface area contributed by atoms with Crippen LogP contribution in [0, 0.1) is 0 Å². The molecule has 2 amide bonds. The standard InChI is InChI=1S/C21H25N3O3/c1-27-18-11-9-17(10-12-18)23-21(26)16-7-5-15(6-8-16)14-24-13-3-2-4-19(24)20(22)25/h5-12,19H,2-4,13-14H2,1H3,(H2,22,25)(H,23,26)/t19-/m1/s1. The van der Waals surface area contributed by atoms with Gasteiger partial charge in [0.05, 0.1) is 13.2 Å². The summed E-state index contributed by atoms with van der Waals surface area (Å²) in [6, 6.07) is 14.5. The molecule has 0 bridgehead atoms. The van der Waals surface area contributed by atoms with E-state index in [1.165, 1.54) is 0 Å². The topological polar surface area (TPSA) is 84.7 Å². The van der Waals surface area contributed by atoms with E-state index >= 15 is 0 Å². The Morgan fingerprint density at radius 3 is 2.44 bits per heavy atom. The molecular formula is C21H25N3O3. The van der Waals surface area contributed by atoms with Gasteiger partial charge in [0.15, 0.2) is 0 Å². The zero-order valence-electron chi connectivity index (χ0n) is 15.5. The van der Waals surface area contributed by atoms with Crippen molar-refractivity contribution in [1.29, 1.82) is 0 Å². The smallest absolute Gasteiger partial charge is 0.255 e. The van der Waals surface area contributed by atoms with E-state index < -0.39 is 0 Å². The number of carbonyl (C=O) groups excluding carboxylic acids is 2. The Morgan fingerprint density at radius 1 is 1.11 bits per heavy atom. The molecule has 0 saturated carbocycles. The fourth-order valence-electron chi connectivity index (χ4n) is 3.38. The molecular weight excluding hydrogens is 342 g/mol. The molecule has 6 heteroatoms. The largest absolute Gasteiger partial charge is 0.497 e. The van der Waals surface area contributed by atoms with Crippen LogP contribution in [0.4, 0.5) is 5.69 Å². The van der Waals surface area contributed by atoms with Gasteiger partial charge >= 0.3 is 0 Å². The molecule has 1 atom stereocenters. The van der Waals surface area contributed by atoms with E-state index in [0.717, 1.165) is 37.1 Å². The maximum atomic E-state index is 12.4. The zero-order chi connectivity index (χ0) is 19.2. The van der Waals surface area contributed by atoms with Crippen molar-refractivity contribution in [2.24, 2.45) is 5.73 Å². The molecule has 1 aliphatic heterocycles. The maximum Gasteiger partial charge on any atom is 0.255 e. The van der Waals surface area contributed by atoms with Gasteiger partial charge in [-0.15, -0.1) is 0 Å². The SMILES string of the molecule is COc1ccc(NC(=O)c2ccc(CN3CCCC[C@@H]3C(N)=O)cc2)cc1. The van der Waals surface area contributed by atoms with Gasteiger partial charge in [-0.05, 0) is 61.3 Å². The number of carbonyl (C=O) groups is 2. The lowest BCUT2D eigenvalue weighted by atomic mass is 10.0. The fraction of sp³-hybridized carbons (Fsp3) is 0.333. The summed E-state index contributed by atoms with van der Waals surface area (Å²) in [5.41, 5.74) is 7.88. The van der Waals surface area contributed by atoms with Crippen LogP contribution in [-0.4, -0.2) is 36.4 Å². The van der Waals surface area contributed by atoms with Crippen molar-refractivity contribution in [2.45, 2.75) is 31.8 Å². The third-order valence-electron chi connectivity index (χ3n) is 4.89. The molecule has 0 spiro atoms. The molecule has 6 nitrogen and oxygen atoms in total. The molecule has 1 aliphatic rings. The number of hydrogen-bond acceptors (Lipinski definition) is 4. The normalized spacial score (nSPS) is 17.3. The average Bonchev–Trinajstić information content (AvgIpc) is 2.69. The second-order valence-electron chi connectivity index (χ2n) is 6.76. The number of benzene rings is 2. The van der Waals surface area contributed by atoms with E-state index in [0.29, 0.717) is 17.8 Å². The lowest BCUT2D eigenvalue weighted by Crippen LogP contribution is -2.47. The highest BCUT2D eigenvalue weighted by Gasteiger charge is 2.26. The summed E-state index contributed by atoms with van der Waals surface area (Å²) in [5, 5.41) is 2.87. The van der Waals surface area contributed by atoms with Gasteiger partial charge in [0.25, 0.3) is 5.91 Å². The lowest BCUT2D eigenvalue weighted by Gasteiger charge is -2.33. The molecule has 0 aromatic heterocycles. The Kier molecular flexibility index (Phi) is 6.08. The highest BCUT2D eigenvalue weighted by molar-refractivity contribution is 6.04. The first-order chi connectivity index (χ1) is 13.1. The number of amides is 2. The third-order valence-corrected chi connectivity index (χ3v) is 4.89. The zero-order valence-corrected chi connectivity index (χ0v) is 15.5. The van der Waals surface area contributed by atoms with Crippen molar-refractivity contribution in [1.82, 2.24) is 4.90 Å². The quantitative estimate of drug-likeness (QED) is 0.822. The van der Waals surface area contributed by atoms with Crippen LogP contribution >= 0.6 is 0 Å². The first-order valence-corrected chi connectivity index (χ1v) is 9.14. The summed E-state index contributed by atoms with van der Waals surface area (Å²) < 4.78 is 5.11. The number of nitrogens with zero attached hydrogens (tertiary/aromatic N) is 1. The summed E-state index contributed by atoms with van der Waals surface area (Å²) >= 11 is 0. The van der Waals surface area contributed by atoms with Gasteiger partial charge < -0.3 is 15.8 Å². The van der Waals surface area contributed by atoms with Gasteiger partial charge in [0, 0.05) is 17.8 Å². The van der Waals surface area contributed by atoms with Crippen LogP contribution in [0.2, 0.25) is 0 Å². The summed E-state index contributed by atoms with van der Waals surface area (Å²) in [6.07, 6.45) is 2.93. The monoisotopic (exact) mass is 367 g/mol. The van der Waals surface area contributed by atoms with E-state index in [9.17, 15) is 9.59 Å². The van der Waals surface area contributed by atoms with Crippen molar-refractivity contribution >= 4 is 17.5 Å². The molecule has 1 heterocycles. The minimum Gasteiger partial charge on any atom is -0.497 e. The maximum absolute atomic E-state index is 12.4. The van der Waals surface area contributed by atoms with Crippen LogP contribution in [0.1, 0.15) is 35.2 Å². The van der Waals surface area contributed by atoms with E-state index in [-0.39, 0.29) is 17.9 Å². The lowest BCUT2D eigenvalue weighted by molar-refractivity contribution is -0.124. The molecule has 0 unspecified atom stereocenters. The first-order valence-electron chi connectivity index (χ1n) is 9.14. The average molecular weight is 367 g/mol. The number of anilines is 1. The Labute approximate surface area is 159 Å². The van der Waals surface area contributed by atoms with Crippen LogP contribution in [0.3, 0.4) is 0 Å². The van der Waals surface area contributed by atoms with Crippen LogP contribution < -0.4 is 15.8 Å². The van der Waals surface area contributed by atoms with Crippen LogP contribution in [-0.2, 0) is 11.3 Å². The molecule has 142 valence electrons. The predicted octanol–water partition coefficient (Wildman–Crippen LogP) is 2.79. The molecule has 3 rings (SSSR count). The molecule has 3 N–H and O–H groups in total. The van der Waals surface area contributed by atoms with Crippen LogP contribution in [0.15, 0.2) is 48.5 Å². The number of methoxy groups -OCH3 is 1. The summed E-state index contributed by atoms with van der Waals surface area (Å²) in [5.74, 6) is 0.314. The summed E-state index contributed by atoms with van der Waals surface area (Å²) in [6.45, 7) is 1.53. The molecule has 0 radical (unpaired) electrons. The fourth-order valence-corrected chi connectivity index (χ4v) is 3.38. The summed E-state index contributed by atoms with van der Waals surface area (Å²) in [7, 11) is 1.60. The van der Waals surface area contributed by atoms with Crippen LogP contribution in [0.5, 0.6) is 5.75 Å². The highest BCUT2D eigenvalue weighted by atomic mass is 16.5. The van der Waals surface area contributed by atoms with Crippen molar-refractivity contribution in [3.05, 3.63) is 59.7 Å². The number of rotatable bonds is 6. The Bertz CT molecular complexity index is 787. The molecule has 0 aliphatic carbocycles. The van der Waals surface area contributed by atoms with E-state index in [1.807, 2.05) is 12.1 Å². The van der Waals surface area contributed by atoms with Gasteiger partial charge in [-0.25, -0.2) is 0 Å². The van der Waals surface area contributed by atoms with Gasteiger partial charge in [0.2, 0.25) is 5.91 Å². The molecule has 1 fully saturated rings. The molecule has 2 aromatic rings. The van der Waals surface area contributed by atoms with Crippen molar-refractivity contribution in [3.63, 3.8) is 0 Å². The van der Waals surface area contributed by atoms with E-state index in [1.54, 1.807) is 43.5 Å². The van der Waals surface area contributed by atoms with Crippen molar-refractivity contribution in [3.8, 4) is 5.75 Å². The first kappa shape index (κ1) is 18.9. The summed E-state index contributed by atoms with van der Waals surface area (Å²) in [4.78, 5) is 26.2. The Balaban J connectivity index is 1.62. The van der Waals surface area contributed by atoms with E-state index in [4.69, 9.17) is 10.5 Å². The minimum atomic E-state index is -0.259. The third kappa shape index (κ3) is 4.86. The second kappa shape index (κ2) is 8.68. The Hall–Kier alpha value is -2.86. The number of likely N-dealkylation sites (tertiary alicyclic amines) is 1. The van der Waals surface area contributed by atoms with Gasteiger partial charge in [0.1, 0.15) is 5.75 Å². The number of primary amides is 1. The number of piperidine rings is 1. The van der Waals surface area contributed by atoms with E-state index in [2.05, 4.69) is 10.2 Å². The van der Waals surface area contributed by atoms with Crippen molar-refractivity contribution in [2.75, 3.05) is 19.0 Å². The number of nitrogens with two attached hydrogens (primary N) is 1. The van der Waals surface area contributed by atoms with Gasteiger partial charge in [-0.3, -0.25) is 14.5 Å². The number of ether oxygens (including phenoxy) is 1. The van der Waals surface area contributed by atoms with Gasteiger partial charge in [-0.2, -0.15) is 0 Å². The number of nitrogens with one attached hydrogen (secondary N) is 1. The van der Waals surface area contributed by atoms with Crippen molar-refractivity contribution < 1.29 is 14.3 Å². The van der Waals surface area contributed by atoms with Crippen LogP contribution in [0.25, 0.3) is 0 Å². The predicted molar refractivity (Wildman–Crippen MR) is 105 cm³/mol. The minimum absolute atomic E-state index is 0.167. The number of hydrogen-bond donors (Lipinski definition) is 2. The molecule has 1 saturated heterocycles. The second-order valence-corrected chi connectivity index (χ2v) is 6.76. The Morgan fingerprint density at radius 2 is 1.81 bits per heavy atom. The molecule has 2 aromatic carbocycles. The van der Waals surface area contributed by atoms with Gasteiger partial charge in [-0.1, -0.05) is 18.6 Å². The highest BCUT2D eigenvalue weighted by Crippen LogP contribution is 2.20.